The van der Waals surface area contributed by atoms with Crippen molar-refractivity contribution in [3.63, 3.8) is 0 Å². The average molecular weight is 315 g/mol. The number of urea groups is 1. The molecule has 2 amide bonds. The fourth-order valence-electron chi connectivity index (χ4n) is 1.28. The lowest BCUT2D eigenvalue weighted by molar-refractivity contribution is 0.0697. The number of carboxylic acids is 1. The van der Waals surface area contributed by atoms with Crippen molar-refractivity contribution in [3.8, 4) is 12.3 Å². The number of hydrogen-bond donors (Lipinski definition) is 3. The van der Waals surface area contributed by atoms with Crippen LogP contribution in [0, 0.1) is 12.3 Å². The third kappa shape index (κ3) is 4.05. The number of aromatic carboxylic acids is 1. The Morgan fingerprint density at radius 2 is 1.80 bits per heavy atom. The average Bonchev–Trinajstić information content (AvgIpc) is 2.32. The largest absolute Gasteiger partial charge is 0.478 e. The minimum Gasteiger partial charge on any atom is -0.478 e. The molecule has 0 heterocycles. The number of terminal acetylenes is 1. The Labute approximate surface area is 126 Å². The summed E-state index contributed by atoms with van der Waals surface area (Å²) in [6.07, 6.45) is 5.25. The van der Waals surface area contributed by atoms with Crippen LogP contribution in [0.2, 0.25) is 10.0 Å². The fraction of sp³-hybridized carbons (Fsp3) is 0.231. The number of amides is 2. The molecule has 0 bridgehead atoms. The molecule has 1 aromatic carbocycles. The molecule has 0 aromatic heterocycles. The molecule has 5 nitrogen and oxygen atoms in total. The lowest BCUT2D eigenvalue weighted by atomic mass is 10.1. The van der Waals surface area contributed by atoms with Gasteiger partial charge in [0.05, 0.1) is 26.8 Å². The van der Waals surface area contributed by atoms with Crippen LogP contribution in [0.1, 0.15) is 24.2 Å². The molecule has 1 aromatic rings. The number of carbonyl (C=O) groups excluding carboxylic acids is 1. The maximum absolute atomic E-state index is 11.8. The van der Waals surface area contributed by atoms with E-state index in [1.807, 2.05) is 0 Å². The Hall–Kier alpha value is -1.90. The van der Waals surface area contributed by atoms with Gasteiger partial charge in [-0.1, -0.05) is 29.1 Å². The Balaban J connectivity index is 2.97. The first-order valence-corrected chi connectivity index (χ1v) is 6.21. The SMILES string of the molecule is C#CC(C)(C)NC(=O)Nc1c(Cl)cc(C(=O)O)cc1Cl. The van der Waals surface area contributed by atoms with Crippen molar-refractivity contribution in [3.05, 3.63) is 27.7 Å². The number of halogens is 2. The fourth-order valence-corrected chi connectivity index (χ4v) is 1.86. The van der Waals surface area contributed by atoms with Crippen LogP contribution >= 0.6 is 23.2 Å². The van der Waals surface area contributed by atoms with Crippen LogP contribution in [-0.4, -0.2) is 22.6 Å². The molecule has 20 heavy (non-hydrogen) atoms. The van der Waals surface area contributed by atoms with E-state index in [4.69, 9.17) is 34.7 Å². The van der Waals surface area contributed by atoms with Gasteiger partial charge >= 0.3 is 12.0 Å². The van der Waals surface area contributed by atoms with Gasteiger partial charge in [-0.3, -0.25) is 0 Å². The predicted molar refractivity (Wildman–Crippen MR) is 78.5 cm³/mol. The summed E-state index contributed by atoms with van der Waals surface area (Å²) in [6, 6.07) is 1.79. The van der Waals surface area contributed by atoms with Gasteiger partial charge in [0, 0.05) is 0 Å². The lowest BCUT2D eigenvalue weighted by Gasteiger charge is -2.20. The molecule has 0 saturated heterocycles. The highest BCUT2D eigenvalue weighted by atomic mass is 35.5. The smallest absolute Gasteiger partial charge is 0.335 e. The Morgan fingerprint density at radius 3 is 2.20 bits per heavy atom. The second kappa shape index (κ2) is 6.04. The number of carbonyl (C=O) groups is 2. The molecule has 0 spiro atoms. The first-order chi connectivity index (χ1) is 9.16. The van der Waals surface area contributed by atoms with E-state index in [1.54, 1.807) is 13.8 Å². The van der Waals surface area contributed by atoms with Crippen molar-refractivity contribution < 1.29 is 14.7 Å². The molecular formula is C13H12Cl2N2O3. The summed E-state index contributed by atoms with van der Waals surface area (Å²) in [7, 11) is 0. The van der Waals surface area contributed by atoms with Crippen molar-refractivity contribution in [2.45, 2.75) is 19.4 Å². The van der Waals surface area contributed by atoms with E-state index < -0.39 is 17.5 Å². The summed E-state index contributed by atoms with van der Waals surface area (Å²) in [5.41, 5.74) is -0.803. The highest BCUT2D eigenvalue weighted by Crippen LogP contribution is 2.31. The number of rotatable bonds is 3. The molecule has 3 N–H and O–H groups in total. The third-order valence-corrected chi connectivity index (χ3v) is 2.91. The number of anilines is 1. The molecule has 0 aliphatic rings. The van der Waals surface area contributed by atoms with Gasteiger partial charge in [0.15, 0.2) is 0 Å². The Morgan fingerprint density at radius 1 is 1.30 bits per heavy atom. The Kier molecular flexibility index (Phi) is 4.88. The zero-order chi connectivity index (χ0) is 15.5. The minimum absolute atomic E-state index is 0.0172. The summed E-state index contributed by atoms with van der Waals surface area (Å²) >= 11 is 11.8. The maximum atomic E-state index is 11.8. The molecule has 0 aliphatic heterocycles. The van der Waals surface area contributed by atoms with E-state index in [0.29, 0.717) is 0 Å². The van der Waals surface area contributed by atoms with E-state index in [-0.39, 0.29) is 21.3 Å². The van der Waals surface area contributed by atoms with E-state index in [0.717, 1.165) is 0 Å². The van der Waals surface area contributed by atoms with Crippen molar-refractivity contribution in [2.75, 3.05) is 5.32 Å². The third-order valence-electron chi connectivity index (χ3n) is 2.31. The molecular weight excluding hydrogens is 303 g/mol. The van der Waals surface area contributed by atoms with E-state index in [9.17, 15) is 9.59 Å². The van der Waals surface area contributed by atoms with Crippen molar-refractivity contribution in [1.82, 2.24) is 5.32 Å². The first kappa shape index (κ1) is 16.2. The highest BCUT2D eigenvalue weighted by Gasteiger charge is 2.19. The molecule has 0 unspecified atom stereocenters. The number of nitrogens with one attached hydrogen (secondary N) is 2. The van der Waals surface area contributed by atoms with Crippen LogP contribution in [0.5, 0.6) is 0 Å². The van der Waals surface area contributed by atoms with Crippen LogP contribution in [-0.2, 0) is 0 Å². The monoisotopic (exact) mass is 314 g/mol. The summed E-state index contributed by atoms with van der Waals surface area (Å²) < 4.78 is 0. The molecule has 0 fully saturated rings. The number of carboxylic acid groups (broad SMARTS) is 1. The number of benzene rings is 1. The van der Waals surface area contributed by atoms with Crippen molar-refractivity contribution in [2.24, 2.45) is 0 Å². The van der Waals surface area contributed by atoms with Gasteiger partial charge < -0.3 is 15.7 Å². The zero-order valence-corrected chi connectivity index (χ0v) is 12.3. The van der Waals surface area contributed by atoms with E-state index >= 15 is 0 Å². The van der Waals surface area contributed by atoms with Gasteiger partial charge in [0.25, 0.3) is 0 Å². The van der Waals surface area contributed by atoms with Gasteiger partial charge in [-0.2, -0.15) is 0 Å². The number of hydrogen-bond acceptors (Lipinski definition) is 2. The first-order valence-electron chi connectivity index (χ1n) is 5.45. The van der Waals surface area contributed by atoms with Gasteiger partial charge in [0.2, 0.25) is 0 Å². The van der Waals surface area contributed by atoms with Crippen LogP contribution in [0.25, 0.3) is 0 Å². The van der Waals surface area contributed by atoms with Gasteiger partial charge in [-0.15, -0.1) is 6.42 Å². The maximum Gasteiger partial charge on any atom is 0.335 e. The standard InChI is InChI=1S/C13H12Cl2N2O3/c1-4-13(2,3)17-12(20)16-10-8(14)5-7(11(18)19)6-9(10)15/h1,5-6H,2-3H3,(H,18,19)(H2,16,17,20). The molecule has 0 saturated carbocycles. The topological polar surface area (TPSA) is 78.4 Å². The molecule has 0 aliphatic carbocycles. The normalized spacial score (nSPS) is 10.6. The second-order valence-electron chi connectivity index (χ2n) is 4.47. The van der Waals surface area contributed by atoms with Crippen molar-refractivity contribution >= 4 is 40.9 Å². The van der Waals surface area contributed by atoms with Crippen LogP contribution in [0.15, 0.2) is 12.1 Å². The second-order valence-corrected chi connectivity index (χ2v) is 5.28. The molecule has 1 rings (SSSR count). The zero-order valence-electron chi connectivity index (χ0n) is 10.8. The van der Waals surface area contributed by atoms with Gasteiger partial charge in [0.1, 0.15) is 0 Å². The van der Waals surface area contributed by atoms with Crippen LogP contribution in [0.3, 0.4) is 0 Å². The van der Waals surface area contributed by atoms with Crippen LogP contribution in [0.4, 0.5) is 10.5 Å². The van der Waals surface area contributed by atoms with E-state index in [2.05, 4.69) is 16.6 Å². The minimum atomic E-state index is -1.17. The molecule has 0 atom stereocenters. The molecule has 7 heteroatoms. The highest BCUT2D eigenvalue weighted by molar-refractivity contribution is 6.40. The van der Waals surface area contributed by atoms with Gasteiger partial charge in [-0.05, 0) is 26.0 Å². The van der Waals surface area contributed by atoms with E-state index in [1.165, 1.54) is 12.1 Å². The summed E-state index contributed by atoms with van der Waals surface area (Å²) in [5.74, 6) is 1.23. The molecule has 106 valence electrons. The summed E-state index contributed by atoms with van der Waals surface area (Å²) in [5, 5.41) is 13.8. The lowest BCUT2D eigenvalue weighted by Crippen LogP contribution is -2.44. The molecule has 0 radical (unpaired) electrons. The predicted octanol–water partition coefficient (Wildman–Crippen LogP) is 3.22. The summed E-state index contributed by atoms with van der Waals surface area (Å²) in [6.45, 7) is 3.28. The van der Waals surface area contributed by atoms with Gasteiger partial charge in [-0.25, -0.2) is 9.59 Å². The van der Waals surface area contributed by atoms with Crippen LogP contribution < -0.4 is 10.6 Å². The Bertz CT molecular complexity index is 583. The van der Waals surface area contributed by atoms with Crippen molar-refractivity contribution in [1.29, 1.82) is 0 Å². The summed E-state index contributed by atoms with van der Waals surface area (Å²) in [4.78, 5) is 22.6. The quantitative estimate of drug-likeness (QED) is 0.749.